The van der Waals surface area contributed by atoms with E-state index in [4.69, 9.17) is 10.8 Å². The van der Waals surface area contributed by atoms with Gasteiger partial charge in [-0.2, -0.15) is 11.8 Å². The van der Waals surface area contributed by atoms with Crippen molar-refractivity contribution in [2.24, 2.45) is 11.1 Å². The van der Waals surface area contributed by atoms with E-state index in [1.54, 1.807) is 11.8 Å². The second-order valence-electron chi connectivity index (χ2n) is 2.95. The van der Waals surface area contributed by atoms with Crippen LogP contribution in [0, 0.1) is 5.41 Å². The maximum atomic E-state index is 10.8. The Hall–Kier alpha value is -0.220. The van der Waals surface area contributed by atoms with Crippen LogP contribution in [-0.4, -0.2) is 29.1 Å². The van der Waals surface area contributed by atoms with Gasteiger partial charge in [-0.15, -0.1) is 0 Å². The number of aliphatic carboxylic acids is 1. The van der Waals surface area contributed by atoms with Crippen LogP contribution in [0.2, 0.25) is 0 Å². The molecule has 3 nitrogen and oxygen atoms in total. The summed E-state index contributed by atoms with van der Waals surface area (Å²) in [7, 11) is 0. The van der Waals surface area contributed by atoms with Gasteiger partial charge >= 0.3 is 5.97 Å². The molecule has 1 atom stereocenters. The lowest BCUT2D eigenvalue weighted by atomic mass is 9.85. The van der Waals surface area contributed by atoms with E-state index in [-0.39, 0.29) is 6.54 Å². The Morgan fingerprint density at radius 2 is 2.45 bits per heavy atom. The first-order chi connectivity index (χ1) is 5.21. The predicted molar refractivity (Wildman–Crippen MR) is 45.7 cm³/mol. The van der Waals surface area contributed by atoms with Crippen LogP contribution >= 0.6 is 11.8 Å². The maximum absolute atomic E-state index is 10.8. The Kier molecular flexibility index (Phi) is 2.78. The second kappa shape index (κ2) is 3.45. The summed E-state index contributed by atoms with van der Waals surface area (Å²) in [6.07, 6.45) is 1.72. The Balaban J connectivity index is 2.64. The number of hydrogen-bond donors (Lipinski definition) is 2. The van der Waals surface area contributed by atoms with Gasteiger partial charge in [-0.1, -0.05) is 0 Å². The molecular weight excluding hydrogens is 162 g/mol. The van der Waals surface area contributed by atoms with Gasteiger partial charge < -0.3 is 10.8 Å². The lowest BCUT2D eigenvalue weighted by Gasteiger charge is -2.30. The molecule has 64 valence electrons. The molecule has 0 spiro atoms. The highest BCUT2D eigenvalue weighted by Crippen LogP contribution is 2.33. The third kappa shape index (κ3) is 1.68. The van der Waals surface area contributed by atoms with Crippen LogP contribution in [0.5, 0.6) is 0 Å². The molecule has 0 aliphatic carbocycles. The molecule has 3 N–H and O–H groups in total. The molecule has 1 fully saturated rings. The molecule has 1 heterocycles. The minimum Gasteiger partial charge on any atom is -0.481 e. The van der Waals surface area contributed by atoms with Gasteiger partial charge in [0.2, 0.25) is 0 Å². The number of thioether (sulfide) groups is 1. The quantitative estimate of drug-likeness (QED) is 0.643. The van der Waals surface area contributed by atoms with Crippen molar-refractivity contribution in [2.75, 3.05) is 18.1 Å². The van der Waals surface area contributed by atoms with Gasteiger partial charge in [0.25, 0.3) is 0 Å². The topological polar surface area (TPSA) is 63.3 Å². The molecule has 4 heteroatoms. The molecule has 0 aromatic carbocycles. The largest absolute Gasteiger partial charge is 0.481 e. The maximum Gasteiger partial charge on any atom is 0.311 e. The molecule has 1 aliphatic rings. The zero-order chi connectivity index (χ0) is 8.32. The van der Waals surface area contributed by atoms with Gasteiger partial charge in [0.15, 0.2) is 0 Å². The molecule has 1 unspecified atom stereocenters. The lowest BCUT2D eigenvalue weighted by Crippen LogP contribution is -2.42. The summed E-state index contributed by atoms with van der Waals surface area (Å²) < 4.78 is 0. The van der Waals surface area contributed by atoms with E-state index in [9.17, 15) is 4.79 Å². The molecule has 0 saturated carbocycles. The Bertz CT molecular complexity index is 155. The average molecular weight is 175 g/mol. The van der Waals surface area contributed by atoms with E-state index in [1.165, 1.54) is 0 Å². The zero-order valence-electron chi connectivity index (χ0n) is 6.38. The molecule has 0 bridgehead atoms. The summed E-state index contributed by atoms with van der Waals surface area (Å²) in [6, 6.07) is 0. The molecule has 11 heavy (non-hydrogen) atoms. The van der Waals surface area contributed by atoms with E-state index in [0.717, 1.165) is 18.6 Å². The normalized spacial score (nSPS) is 31.7. The van der Waals surface area contributed by atoms with E-state index in [1.807, 2.05) is 0 Å². The number of hydrogen-bond acceptors (Lipinski definition) is 3. The van der Waals surface area contributed by atoms with Gasteiger partial charge in [0, 0.05) is 12.3 Å². The standard InChI is InChI=1S/C7H13NO2S/c8-4-7(6(9)10)2-1-3-11-5-7/h1-5,8H2,(H,9,10). The molecule has 1 saturated heterocycles. The van der Waals surface area contributed by atoms with Crippen LogP contribution in [0.25, 0.3) is 0 Å². The first kappa shape index (κ1) is 8.87. The van der Waals surface area contributed by atoms with Gasteiger partial charge in [-0.05, 0) is 18.6 Å². The van der Waals surface area contributed by atoms with Crippen LogP contribution in [0.15, 0.2) is 0 Å². The third-order valence-corrected chi connectivity index (χ3v) is 3.50. The van der Waals surface area contributed by atoms with Crippen LogP contribution in [0.3, 0.4) is 0 Å². The first-order valence-electron chi connectivity index (χ1n) is 3.72. The monoisotopic (exact) mass is 175 g/mol. The van der Waals surface area contributed by atoms with Gasteiger partial charge in [-0.25, -0.2) is 0 Å². The van der Waals surface area contributed by atoms with Crippen LogP contribution in [0.4, 0.5) is 0 Å². The second-order valence-corrected chi connectivity index (χ2v) is 4.05. The molecule has 0 radical (unpaired) electrons. The Labute approximate surface area is 70.3 Å². The number of rotatable bonds is 2. The van der Waals surface area contributed by atoms with E-state index >= 15 is 0 Å². The number of carbonyl (C=O) groups is 1. The summed E-state index contributed by atoms with van der Waals surface area (Å²) in [6.45, 7) is 0.273. The van der Waals surface area contributed by atoms with E-state index in [2.05, 4.69) is 0 Å². The van der Waals surface area contributed by atoms with Crippen molar-refractivity contribution < 1.29 is 9.90 Å². The molecule has 0 amide bonds. The highest BCUT2D eigenvalue weighted by atomic mass is 32.2. The number of carboxylic acid groups (broad SMARTS) is 1. The molecule has 0 aromatic rings. The molecular formula is C7H13NO2S. The highest BCUT2D eigenvalue weighted by Gasteiger charge is 2.38. The van der Waals surface area contributed by atoms with Crippen molar-refractivity contribution in [3.63, 3.8) is 0 Å². The minimum absolute atomic E-state index is 0.273. The van der Waals surface area contributed by atoms with Gasteiger partial charge in [-0.3, -0.25) is 4.79 Å². The van der Waals surface area contributed by atoms with Crippen molar-refractivity contribution in [1.82, 2.24) is 0 Å². The fourth-order valence-corrected chi connectivity index (χ4v) is 2.54. The van der Waals surface area contributed by atoms with Crippen LogP contribution in [-0.2, 0) is 4.79 Å². The van der Waals surface area contributed by atoms with E-state index < -0.39 is 11.4 Å². The fourth-order valence-electron chi connectivity index (χ4n) is 1.27. The van der Waals surface area contributed by atoms with Crippen molar-refractivity contribution in [3.8, 4) is 0 Å². The average Bonchev–Trinajstić information content (AvgIpc) is 2.05. The fraction of sp³-hybridized carbons (Fsp3) is 0.857. The minimum atomic E-state index is -0.729. The summed E-state index contributed by atoms with van der Waals surface area (Å²) >= 11 is 1.69. The van der Waals surface area contributed by atoms with Crippen molar-refractivity contribution >= 4 is 17.7 Å². The lowest BCUT2D eigenvalue weighted by molar-refractivity contribution is -0.147. The molecule has 1 aliphatic heterocycles. The van der Waals surface area contributed by atoms with Crippen LogP contribution in [0.1, 0.15) is 12.8 Å². The predicted octanol–water partition coefficient (Wildman–Crippen LogP) is 0.543. The summed E-state index contributed by atoms with van der Waals surface area (Å²) in [4.78, 5) is 10.8. The van der Waals surface area contributed by atoms with Crippen LogP contribution < -0.4 is 5.73 Å². The van der Waals surface area contributed by atoms with Gasteiger partial charge in [0.1, 0.15) is 0 Å². The zero-order valence-corrected chi connectivity index (χ0v) is 7.19. The number of nitrogens with two attached hydrogens (primary N) is 1. The number of carboxylic acids is 1. The summed E-state index contributed by atoms with van der Waals surface area (Å²) in [5.41, 5.74) is 4.82. The van der Waals surface area contributed by atoms with Crippen molar-refractivity contribution in [2.45, 2.75) is 12.8 Å². The Morgan fingerprint density at radius 3 is 2.73 bits per heavy atom. The van der Waals surface area contributed by atoms with Gasteiger partial charge in [0.05, 0.1) is 5.41 Å². The first-order valence-corrected chi connectivity index (χ1v) is 4.88. The molecule has 1 rings (SSSR count). The van der Waals surface area contributed by atoms with Crippen molar-refractivity contribution in [1.29, 1.82) is 0 Å². The Morgan fingerprint density at radius 1 is 1.73 bits per heavy atom. The third-order valence-electron chi connectivity index (χ3n) is 2.17. The van der Waals surface area contributed by atoms with E-state index in [0.29, 0.717) is 5.75 Å². The summed E-state index contributed by atoms with van der Waals surface area (Å²) in [5.74, 6) is 1.03. The SMILES string of the molecule is NCC1(C(=O)O)CCCSC1. The van der Waals surface area contributed by atoms with Crippen molar-refractivity contribution in [3.05, 3.63) is 0 Å². The highest BCUT2D eigenvalue weighted by molar-refractivity contribution is 7.99. The summed E-state index contributed by atoms with van der Waals surface area (Å²) in [5, 5.41) is 8.90. The molecule has 0 aromatic heterocycles. The smallest absolute Gasteiger partial charge is 0.311 e.